The molecule has 0 saturated carbocycles. The van der Waals surface area contributed by atoms with Crippen LogP contribution in [0.25, 0.3) is 11.1 Å². The van der Waals surface area contributed by atoms with Gasteiger partial charge in [-0.05, 0) is 28.8 Å². The third-order valence-electron chi connectivity index (χ3n) is 6.44. The van der Waals surface area contributed by atoms with E-state index in [-0.39, 0.29) is 24.9 Å². The van der Waals surface area contributed by atoms with E-state index in [0.29, 0.717) is 30.5 Å². The summed E-state index contributed by atoms with van der Waals surface area (Å²) in [6.45, 7) is 1.61. The van der Waals surface area contributed by atoms with Crippen LogP contribution in [0.4, 0.5) is 10.5 Å². The van der Waals surface area contributed by atoms with Crippen molar-refractivity contribution in [1.29, 1.82) is 0 Å². The summed E-state index contributed by atoms with van der Waals surface area (Å²) < 4.78 is 10.7. The maximum absolute atomic E-state index is 12.8. The molecule has 1 unspecified atom stereocenters. The predicted octanol–water partition coefficient (Wildman–Crippen LogP) is 4.05. The Balaban J connectivity index is 1.11. The fourth-order valence-electron chi connectivity index (χ4n) is 4.86. The van der Waals surface area contributed by atoms with Gasteiger partial charge in [-0.3, -0.25) is 0 Å². The Morgan fingerprint density at radius 1 is 0.871 bits per heavy atom. The van der Waals surface area contributed by atoms with Gasteiger partial charge in [0.25, 0.3) is 0 Å². The molecule has 4 aliphatic rings. The second-order valence-corrected chi connectivity index (χ2v) is 8.30. The number of fused-ring (bicyclic) bond motifs is 3. The maximum Gasteiger partial charge on any atom is 0.321 e. The Morgan fingerprint density at radius 2 is 1.58 bits per heavy atom. The quantitative estimate of drug-likeness (QED) is 0.680. The van der Waals surface area contributed by atoms with Gasteiger partial charge in [0.05, 0.1) is 0 Å². The second kappa shape index (κ2) is 7.32. The molecule has 4 heterocycles. The molecule has 6 nitrogen and oxygen atoms in total. The van der Waals surface area contributed by atoms with Gasteiger partial charge in [0.15, 0.2) is 11.5 Å². The lowest BCUT2D eigenvalue weighted by molar-refractivity contribution is 0.0759. The van der Waals surface area contributed by atoms with Crippen molar-refractivity contribution in [2.45, 2.75) is 18.0 Å². The van der Waals surface area contributed by atoms with Gasteiger partial charge in [-0.2, -0.15) is 0 Å². The zero-order valence-electron chi connectivity index (χ0n) is 17.0. The molecule has 0 spiro atoms. The number of piperidine rings is 1. The van der Waals surface area contributed by atoms with Crippen LogP contribution in [0.5, 0.6) is 11.5 Å². The molecule has 6 heteroatoms. The summed E-state index contributed by atoms with van der Waals surface area (Å²) >= 11 is 0. The number of benzene rings is 3. The van der Waals surface area contributed by atoms with Crippen molar-refractivity contribution in [3.8, 4) is 22.6 Å². The normalized spacial score (nSPS) is 23.2. The number of urea groups is 1. The molecule has 2 bridgehead atoms. The van der Waals surface area contributed by atoms with Crippen LogP contribution in [0.2, 0.25) is 0 Å². The van der Waals surface area contributed by atoms with Crippen LogP contribution in [-0.2, 0) is 0 Å². The molecule has 0 radical (unpaired) electrons. The minimum absolute atomic E-state index is 0.0757. The van der Waals surface area contributed by atoms with Crippen LogP contribution in [0.15, 0.2) is 72.8 Å². The summed E-state index contributed by atoms with van der Waals surface area (Å²) in [7, 11) is 0. The smallest absolute Gasteiger partial charge is 0.321 e. The van der Waals surface area contributed by atoms with Crippen LogP contribution >= 0.6 is 0 Å². The largest absolute Gasteiger partial charge is 0.454 e. The van der Waals surface area contributed by atoms with Gasteiger partial charge in [-0.1, -0.05) is 54.6 Å². The molecular weight excluding hydrogens is 390 g/mol. The maximum atomic E-state index is 12.8. The monoisotopic (exact) mass is 413 g/mol. The van der Waals surface area contributed by atoms with E-state index >= 15 is 0 Å². The highest BCUT2D eigenvalue weighted by Crippen LogP contribution is 2.38. The number of carbonyl (C=O) groups excluding carboxylic acids is 1. The molecule has 3 fully saturated rings. The number of rotatable bonds is 3. The molecular formula is C25H23N3O3. The van der Waals surface area contributed by atoms with E-state index in [1.165, 1.54) is 16.7 Å². The number of anilines is 1. The molecule has 3 aromatic carbocycles. The lowest BCUT2D eigenvalue weighted by Gasteiger charge is -2.54. The molecule has 2 N–H and O–H groups in total. The molecule has 0 aromatic heterocycles. The van der Waals surface area contributed by atoms with Crippen molar-refractivity contribution < 1.29 is 14.3 Å². The Kier molecular flexibility index (Phi) is 4.32. The van der Waals surface area contributed by atoms with E-state index in [9.17, 15) is 4.79 Å². The van der Waals surface area contributed by atoms with Crippen LogP contribution < -0.4 is 20.1 Å². The zero-order valence-corrected chi connectivity index (χ0v) is 17.0. The molecule has 2 amide bonds. The summed E-state index contributed by atoms with van der Waals surface area (Å²) in [5.74, 6) is 1.82. The summed E-state index contributed by atoms with van der Waals surface area (Å²) in [4.78, 5) is 14.7. The lowest BCUT2D eigenvalue weighted by atomic mass is 9.74. The van der Waals surface area contributed by atoms with Crippen molar-refractivity contribution in [1.82, 2.24) is 10.2 Å². The van der Waals surface area contributed by atoms with Crippen LogP contribution in [-0.4, -0.2) is 42.9 Å². The van der Waals surface area contributed by atoms with E-state index in [0.717, 1.165) is 5.69 Å². The minimum Gasteiger partial charge on any atom is -0.454 e. The predicted molar refractivity (Wildman–Crippen MR) is 118 cm³/mol. The van der Waals surface area contributed by atoms with Crippen molar-refractivity contribution in [2.75, 3.05) is 25.2 Å². The second-order valence-electron chi connectivity index (χ2n) is 8.30. The average Bonchev–Trinajstić information content (AvgIpc) is 3.28. The topological polar surface area (TPSA) is 62.8 Å². The summed E-state index contributed by atoms with van der Waals surface area (Å²) in [5, 5.41) is 6.58. The van der Waals surface area contributed by atoms with Crippen LogP contribution in [0.1, 0.15) is 11.5 Å². The van der Waals surface area contributed by atoms with Crippen molar-refractivity contribution in [3.05, 3.63) is 78.4 Å². The van der Waals surface area contributed by atoms with Crippen molar-refractivity contribution in [3.63, 3.8) is 0 Å². The zero-order chi connectivity index (χ0) is 20.8. The van der Waals surface area contributed by atoms with Gasteiger partial charge in [-0.25, -0.2) is 4.79 Å². The van der Waals surface area contributed by atoms with E-state index in [4.69, 9.17) is 9.47 Å². The summed E-state index contributed by atoms with van der Waals surface area (Å²) in [6.07, 6.45) is 0. The number of ether oxygens (including phenoxy) is 2. The number of carbonyl (C=O) groups is 1. The van der Waals surface area contributed by atoms with E-state index in [2.05, 4.69) is 59.2 Å². The number of nitrogens with one attached hydrogen (secondary N) is 2. The fourth-order valence-corrected chi connectivity index (χ4v) is 4.86. The number of amides is 2. The summed E-state index contributed by atoms with van der Waals surface area (Å²) in [6, 6.07) is 25.2. The first-order valence-corrected chi connectivity index (χ1v) is 10.6. The molecule has 7 rings (SSSR count). The van der Waals surface area contributed by atoms with E-state index in [1.54, 1.807) is 6.07 Å². The average molecular weight is 413 g/mol. The fraction of sp³-hybridized carbons (Fsp3) is 0.240. The number of piperazine rings is 1. The third kappa shape index (κ3) is 3.29. The molecule has 3 saturated heterocycles. The third-order valence-corrected chi connectivity index (χ3v) is 6.44. The Morgan fingerprint density at radius 3 is 2.35 bits per heavy atom. The molecule has 0 aliphatic carbocycles. The number of hydrogen-bond donors (Lipinski definition) is 2. The van der Waals surface area contributed by atoms with Gasteiger partial charge in [0.1, 0.15) is 0 Å². The highest BCUT2D eigenvalue weighted by molar-refractivity contribution is 5.90. The molecule has 3 aromatic rings. The van der Waals surface area contributed by atoms with E-state index in [1.807, 2.05) is 23.1 Å². The number of hydrogen-bond acceptors (Lipinski definition) is 4. The van der Waals surface area contributed by atoms with Crippen LogP contribution in [0, 0.1) is 0 Å². The Labute approximate surface area is 180 Å². The highest BCUT2D eigenvalue weighted by Gasteiger charge is 2.48. The van der Waals surface area contributed by atoms with Crippen LogP contribution in [0.3, 0.4) is 0 Å². The SMILES string of the molecule is O=C(Nc1ccc2c(c1)OCO2)N1C[C@@H]2N[C@H](C1)C2c1ccc(-c2ccccc2)cc1. The van der Waals surface area contributed by atoms with Gasteiger partial charge < -0.3 is 25.0 Å². The Bertz CT molecular complexity index is 1100. The first kappa shape index (κ1) is 18.3. The summed E-state index contributed by atoms with van der Waals surface area (Å²) in [5.41, 5.74) is 4.51. The van der Waals surface area contributed by atoms with Gasteiger partial charge in [-0.15, -0.1) is 0 Å². The minimum atomic E-state index is -0.0757. The standard InChI is InChI=1S/C25H23N3O3/c29-25(26-19-10-11-22-23(12-19)31-15-30-22)28-13-20-24(21(14-28)27-20)18-8-6-17(7-9-18)16-4-2-1-3-5-16/h1-12,20-21,24,27H,13-15H2,(H,26,29)/t20-,21+,24?. The Hall–Kier alpha value is -3.51. The molecule has 156 valence electrons. The van der Waals surface area contributed by atoms with Gasteiger partial charge in [0, 0.05) is 42.8 Å². The first-order valence-electron chi connectivity index (χ1n) is 10.6. The van der Waals surface area contributed by atoms with Gasteiger partial charge in [0.2, 0.25) is 6.79 Å². The van der Waals surface area contributed by atoms with Crippen molar-refractivity contribution in [2.24, 2.45) is 0 Å². The molecule has 4 aliphatic heterocycles. The van der Waals surface area contributed by atoms with Gasteiger partial charge >= 0.3 is 6.03 Å². The first-order chi connectivity index (χ1) is 15.2. The molecule has 3 atom stereocenters. The number of nitrogens with zero attached hydrogens (tertiary/aromatic N) is 1. The molecule has 31 heavy (non-hydrogen) atoms. The lowest BCUT2D eigenvalue weighted by Crippen LogP contribution is -2.72. The van der Waals surface area contributed by atoms with E-state index < -0.39 is 0 Å². The van der Waals surface area contributed by atoms with Crippen molar-refractivity contribution >= 4 is 11.7 Å². The highest BCUT2D eigenvalue weighted by atomic mass is 16.7.